The van der Waals surface area contributed by atoms with Crippen LogP contribution in [0, 0.1) is 0 Å². The molecule has 1 N–H and O–H groups in total. The fourth-order valence-electron chi connectivity index (χ4n) is 4.22. The highest BCUT2D eigenvalue weighted by molar-refractivity contribution is 6.00. The molecule has 5 heteroatoms. The van der Waals surface area contributed by atoms with Crippen molar-refractivity contribution in [2.24, 2.45) is 5.16 Å². The van der Waals surface area contributed by atoms with Crippen LogP contribution in [-0.2, 0) is 17.7 Å². The molecule has 2 aliphatic rings. The van der Waals surface area contributed by atoms with Crippen LogP contribution < -0.4 is 0 Å². The molecule has 1 fully saturated rings. The van der Waals surface area contributed by atoms with Crippen LogP contribution in [0.2, 0.25) is 0 Å². The highest BCUT2D eigenvalue weighted by Gasteiger charge is 2.33. The molecule has 1 amide bonds. The van der Waals surface area contributed by atoms with Crippen molar-refractivity contribution in [3.63, 3.8) is 0 Å². The number of aryl methyl sites for hydroxylation is 1. The molecule has 0 spiro atoms. The van der Waals surface area contributed by atoms with Gasteiger partial charge in [0.15, 0.2) is 0 Å². The summed E-state index contributed by atoms with van der Waals surface area (Å²) in [4.78, 5) is 19.4. The molecule has 0 saturated carbocycles. The Hall–Kier alpha value is -2.66. The van der Waals surface area contributed by atoms with E-state index < -0.39 is 0 Å². The number of aliphatic hydroxyl groups excluding tert-OH is 1. The van der Waals surface area contributed by atoms with Crippen molar-refractivity contribution in [1.29, 1.82) is 0 Å². The Labute approximate surface area is 159 Å². The Morgan fingerprint density at radius 3 is 2.78 bits per heavy atom. The molecule has 1 aliphatic carbocycles. The maximum atomic E-state index is 12.9. The lowest BCUT2D eigenvalue weighted by Gasteiger charge is -2.22. The van der Waals surface area contributed by atoms with Gasteiger partial charge in [-0.15, -0.1) is 0 Å². The Morgan fingerprint density at radius 2 is 2.04 bits per heavy atom. The first-order valence-electron chi connectivity index (χ1n) is 9.43. The second kappa shape index (κ2) is 7.53. The van der Waals surface area contributed by atoms with Gasteiger partial charge in [-0.05, 0) is 53.6 Å². The number of benzene rings is 2. The maximum Gasteiger partial charge on any atom is 0.254 e. The molecule has 1 unspecified atom stereocenters. The van der Waals surface area contributed by atoms with Crippen molar-refractivity contribution in [3.05, 3.63) is 59.2 Å². The summed E-state index contributed by atoms with van der Waals surface area (Å²) in [5, 5.41) is 13.6. The van der Waals surface area contributed by atoms with Gasteiger partial charge >= 0.3 is 0 Å². The number of fused-ring (bicyclic) bond motifs is 1. The minimum absolute atomic E-state index is 0.0806. The maximum absolute atomic E-state index is 12.9. The Balaban J connectivity index is 1.57. The third-order valence-corrected chi connectivity index (χ3v) is 5.55. The topological polar surface area (TPSA) is 62.1 Å². The molecule has 0 radical (unpaired) electrons. The Morgan fingerprint density at radius 1 is 1.22 bits per heavy atom. The highest BCUT2D eigenvalue weighted by Crippen LogP contribution is 2.32. The van der Waals surface area contributed by atoms with E-state index in [-0.39, 0.29) is 18.6 Å². The number of carbonyl (C=O) groups excluding carboxylic acids is 1. The molecule has 4 rings (SSSR count). The summed E-state index contributed by atoms with van der Waals surface area (Å²) in [6, 6.07) is 14.1. The lowest BCUT2D eigenvalue weighted by Crippen LogP contribution is -2.37. The van der Waals surface area contributed by atoms with Crippen molar-refractivity contribution >= 4 is 11.6 Å². The standard InChI is InChI=1S/C22H24N2O3/c1-27-23-18-12-19(14-25)24(13-18)22(26)17-10-8-16(9-11-17)21-7-3-5-15-4-2-6-20(15)21/h3,5,7-11,19,25H,2,4,6,12-14H2,1H3/b23-18+. The lowest BCUT2D eigenvalue weighted by atomic mass is 9.96. The molecule has 2 aromatic rings. The first-order valence-corrected chi connectivity index (χ1v) is 9.43. The summed E-state index contributed by atoms with van der Waals surface area (Å²) in [6.45, 7) is 0.314. The molecular formula is C22H24N2O3. The van der Waals surface area contributed by atoms with E-state index in [1.54, 1.807) is 4.90 Å². The minimum atomic E-state index is -0.247. The zero-order chi connectivity index (χ0) is 18.8. The third-order valence-electron chi connectivity index (χ3n) is 5.55. The fraction of sp³-hybridized carbons (Fsp3) is 0.364. The number of carbonyl (C=O) groups is 1. The number of nitrogens with zero attached hydrogens (tertiary/aromatic N) is 2. The monoisotopic (exact) mass is 364 g/mol. The van der Waals surface area contributed by atoms with Gasteiger partial charge in [0.2, 0.25) is 0 Å². The van der Waals surface area contributed by atoms with Gasteiger partial charge in [-0.1, -0.05) is 35.5 Å². The van der Waals surface area contributed by atoms with E-state index in [1.807, 2.05) is 24.3 Å². The molecule has 1 saturated heterocycles. The van der Waals surface area contributed by atoms with Crippen LogP contribution >= 0.6 is 0 Å². The molecule has 140 valence electrons. The predicted molar refractivity (Wildman–Crippen MR) is 105 cm³/mol. The number of hydrogen-bond acceptors (Lipinski definition) is 4. The van der Waals surface area contributed by atoms with Gasteiger partial charge in [0.1, 0.15) is 7.11 Å². The fourth-order valence-corrected chi connectivity index (χ4v) is 4.22. The van der Waals surface area contributed by atoms with E-state index in [9.17, 15) is 9.90 Å². The van der Waals surface area contributed by atoms with E-state index in [4.69, 9.17) is 4.84 Å². The first-order chi connectivity index (χ1) is 13.2. The predicted octanol–water partition coefficient (Wildman–Crippen LogP) is 3.05. The SMILES string of the molecule is CO/N=C1\CC(CO)N(C(=O)c2ccc(-c3cccc4c3CCC4)cc2)C1. The van der Waals surface area contributed by atoms with Crippen molar-refractivity contribution in [2.45, 2.75) is 31.7 Å². The second-order valence-corrected chi connectivity index (χ2v) is 7.19. The number of oxime groups is 1. The molecule has 2 aromatic carbocycles. The van der Waals surface area contributed by atoms with E-state index in [0.717, 1.165) is 24.1 Å². The third kappa shape index (κ3) is 3.35. The number of aliphatic hydroxyl groups is 1. The van der Waals surface area contributed by atoms with E-state index in [0.29, 0.717) is 18.5 Å². The van der Waals surface area contributed by atoms with Gasteiger partial charge < -0.3 is 14.8 Å². The van der Waals surface area contributed by atoms with Gasteiger partial charge in [-0.25, -0.2) is 0 Å². The van der Waals surface area contributed by atoms with E-state index in [2.05, 4.69) is 23.4 Å². The van der Waals surface area contributed by atoms with E-state index >= 15 is 0 Å². The van der Waals surface area contributed by atoms with Crippen LogP contribution in [0.4, 0.5) is 0 Å². The van der Waals surface area contributed by atoms with Gasteiger partial charge in [-0.2, -0.15) is 0 Å². The normalized spacial score (nSPS) is 20.1. The molecule has 1 atom stereocenters. The minimum Gasteiger partial charge on any atom is -0.399 e. The number of likely N-dealkylation sites (tertiary alicyclic amines) is 1. The van der Waals surface area contributed by atoms with Crippen LogP contribution in [0.3, 0.4) is 0 Å². The summed E-state index contributed by atoms with van der Waals surface area (Å²) in [5.41, 5.74) is 6.71. The molecule has 1 heterocycles. The van der Waals surface area contributed by atoms with Crippen LogP contribution in [0.5, 0.6) is 0 Å². The average molecular weight is 364 g/mol. The van der Waals surface area contributed by atoms with Crippen LogP contribution in [0.25, 0.3) is 11.1 Å². The second-order valence-electron chi connectivity index (χ2n) is 7.19. The van der Waals surface area contributed by atoms with Crippen molar-refractivity contribution < 1.29 is 14.7 Å². The molecule has 27 heavy (non-hydrogen) atoms. The molecule has 0 aromatic heterocycles. The van der Waals surface area contributed by atoms with Gasteiger partial charge in [0, 0.05) is 12.0 Å². The summed E-state index contributed by atoms with van der Waals surface area (Å²) >= 11 is 0. The number of hydrogen-bond donors (Lipinski definition) is 1. The van der Waals surface area contributed by atoms with Crippen LogP contribution in [0.1, 0.15) is 34.3 Å². The summed E-state index contributed by atoms with van der Waals surface area (Å²) in [7, 11) is 1.49. The van der Waals surface area contributed by atoms with Crippen molar-refractivity contribution in [1.82, 2.24) is 4.90 Å². The van der Waals surface area contributed by atoms with Crippen LogP contribution in [-0.4, -0.2) is 47.9 Å². The highest BCUT2D eigenvalue weighted by atomic mass is 16.6. The molecule has 1 aliphatic heterocycles. The quantitative estimate of drug-likeness (QED) is 0.848. The summed E-state index contributed by atoms with van der Waals surface area (Å²) in [5.74, 6) is -0.0832. The Kier molecular flexibility index (Phi) is 4.94. The smallest absolute Gasteiger partial charge is 0.254 e. The van der Waals surface area contributed by atoms with Crippen molar-refractivity contribution in [3.8, 4) is 11.1 Å². The van der Waals surface area contributed by atoms with Gasteiger partial charge in [-0.3, -0.25) is 4.79 Å². The summed E-state index contributed by atoms with van der Waals surface area (Å²) in [6.07, 6.45) is 4.04. The largest absolute Gasteiger partial charge is 0.399 e. The summed E-state index contributed by atoms with van der Waals surface area (Å²) < 4.78 is 0. The zero-order valence-corrected chi connectivity index (χ0v) is 15.5. The molecule has 5 nitrogen and oxygen atoms in total. The van der Waals surface area contributed by atoms with Gasteiger partial charge in [0.05, 0.1) is 24.9 Å². The average Bonchev–Trinajstić information content (AvgIpc) is 3.34. The first kappa shape index (κ1) is 17.7. The van der Waals surface area contributed by atoms with Gasteiger partial charge in [0.25, 0.3) is 5.91 Å². The molecular weight excluding hydrogens is 340 g/mol. The number of rotatable bonds is 4. The van der Waals surface area contributed by atoms with Crippen molar-refractivity contribution in [2.75, 3.05) is 20.3 Å². The van der Waals surface area contributed by atoms with E-state index in [1.165, 1.54) is 30.2 Å². The Bertz CT molecular complexity index is 874. The van der Waals surface area contributed by atoms with Crippen LogP contribution in [0.15, 0.2) is 47.6 Å². The number of amides is 1. The lowest BCUT2D eigenvalue weighted by molar-refractivity contribution is 0.0680. The molecule has 0 bridgehead atoms. The zero-order valence-electron chi connectivity index (χ0n) is 15.5.